The van der Waals surface area contributed by atoms with Crippen LogP contribution in [0.25, 0.3) is 10.6 Å². The lowest BCUT2D eigenvalue weighted by atomic mass is 10.2. The van der Waals surface area contributed by atoms with Crippen LogP contribution < -0.4 is 0 Å². The maximum Gasteiger partial charge on any atom is 0.349 e. The molecule has 94 valence electrons. The van der Waals surface area contributed by atoms with Crippen LogP contribution in [0.4, 0.5) is 0 Å². The first-order chi connectivity index (χ1) is 8.54. The van der Waals surface area contributed by atoms with E-state index in [1.807, 2.05) is 0 Å². The standard InChI is InChI=1S/C12H9Cl2NO2S/c1-6-10(12(16)17-2)18-11(15-6)9-7(13)4-3-5-8(9)14/h3-5H,1-2H3. The molecule has 0 unspecified atom stereocenters. The van der Waals surface area contributed by atoms with Gasteiger partial charge in [0.2, 0.25) is 0 Å². The van der Waals surface area contributed by atoms with Gasteiger partial charge in [0.25, 0.3) is 0 Å². The van der Waals surface area contributed by atoms with Gasteiger partial charge in [0.05, 0.1) is 22.8 Å². The number of aromatic nitrogens is 1. The van der Waals surface area contributed by atoms with Crippen LogP contribution in [0.5, 0.6) is 0 Å². The number of rotatable bonds is 2. The molecule has 0 aliphatic carbocycles. The molecule has 0 radical (unpaired) electrons. The summed E-state index contributed by atoms with van der Waals surface area (Å²) in [5.41, 5.74) is 1.25. The molecule has 0 fully saturated rings. The Kier molecular flexibility index (Phi) is 3.90. The third kappa shape index (κ3) is 2.36. The number of esters is 1. The van der Waals surface area contributed by atoms with Crippen molar-refractivity contribution in [3.63, 3.8) is 0 Å². The highest BCUT2D eigenvalue weighted by molar-refractivity contribution is 7.17. The lowest BCUT2D eigenvalue weighted by molar-refractivity contribution is 0.0605. The predicted octanol–water partition coefficient (Wildman–Crippen LogP) is 4.21. The molecule has 0 N–H and O–H groups in total. The van der Waals surface area contributed by atoms with Crippen molar-refractivity contribution in [3.05, 3.63) is 38.8 Å². The summed E-state index contributed by atoms with van der Waals surface area (Å²) in [5, 5.41) is 1.63. The van der Waals surface area contributed by atoms with E-state index < -0.39 is 5.97 Å². The van der Waals surface area contributed by atoms with Gasteiger partial charge in [-0.2, -0.15) is 0 Å². The van der Waals surface area contributed by atoms with Crippen molar-refractivity contribution in [2.24, 2.45) is 0 Å². The summed E-state index contributed by atoms with van der Waals surface area (Å²) < 4.78 is 4.69. The molecule has 2 aromatic rings. The highest BCUT2D eigenvalue weighted by atomic mass is 35.5. The van der Waals surface area contributed by atoms with Crippen LogP contribution in [0.3, 0.4) is 0 Å². The highest BCUT2D eigenvalue weighted by Gasteiger charge is 2.19. The lowest BCUT2D eigenvalue weighted by Crippen LogP contribution is -1.99. The quantitative estimate of drug-likeness (QED) is 0.780. The maximum absolute atomic E-state index is 11.5. The normalized spacial score (nSPS) is 10.4. The molecule has 18 heavy (non-hydrogen) atoms. The minimum atomic E-state index is -0.403. The molecular formula is C12H9Cl2NO2S. The lowest BCUT2D eigenvalue weighted by Gasteiger charge is -2.02. The Bertz CT molecular complexity index is 590. The van der Waals surface area contributed by atoms with Crippen molar-refractivity contribution < 1.29 is 9.53 Å². The number of thiazole rings is 1. The Balaban J connectivity index is 2.56. The van der Waals surface area contributed by atoms with Gasteiger partial charge in [-0.3, -0.25) is 0 Å². The van der Waals surface area contributed by atoms with Gasteiger partial charge in [-0.25, -0.2) is 9.78 Å². The molecule has 0 saturated heterocycles. The van der Waals surface area contributed by atoms with Crippen LogP contribution in [0.15, 0.2) is 18.2 Å². The summed E-state index contributed by atoms with van der Waals surface area (Å²) >= 11 is 13.4. The Labute approximate surface area is 118 Å². The molecular weight excluding hydrogens is 293 g/mol. The molecule has 1 aromatic heterocycles. The fourth-order valence-electron chi connectivity index (χ4n) is 1.49. The second-order valence-electron chi connectivity index (χ2n) is 3.52. The number of methoxy groups -OCH3 is 1. The van der Waals surface area contributed by atoms with E-state index in [-0.39, 0.29) is 0 Å². The molecule has 0 aliphatic rings. The van der Waals surface area contributed by atoms with Gasteiger partial charge in [0.1, 0.15) is 9.88 Å². The Morgan fingerprint density at radius 2 is 1.94 bits per heavy atom. The van der Waals surface area contributed by atoms with E-state index in [0.29, 0.717) is 31.2 Å². The van der Waals surface area contributed by atoms with E-state index in [2.05, 4.69) is 4.98 Å². The van der Waals surface area contributed by atoms with Crippen molar-refractivity contribution in [3.8, 4) is 10.6 Å². The van der Waals surface area contributed by atoms with E-state index in [0.717, 1.165) is 0 Å². The first kappa shape index (κ1) is 13.3. The summed E-state index contributed by atoms with van der Waals surface area (Å²) in [6, 6.07) is 5.23. The van der Waals surface area contributed by atoms with Crippen LogP contribution in [0.2, 0.25) is 10.0 Å². The van der Waals surface area contributed by atoms with Crippen molar-refractivity contribution in [2.45, 2.75) is 6.92 Å². The summed E-state index contributed by atoms with van der Waals surface area (Å²) in [7, 11) is 1.34. The van der Waals surface area contributed by atoms with Crippen molar-refractivity contribution in [1.29, 1.82) is 0 Å². The molecule has 0 bridgehead atoms. The molecule has 1 heterocycles. The number of halogens is 2. The molecule has 0 atom stereocenters. The second kappa shape index (κ2) is 5.26. The van der Waals surface area contributed by atoms with E-state index >= 15 is 0 Å². The number of benzene rings is 1. The minimum Gasteiger partial charge on any atom is -0.465 e. The largest absolute Gasteiger partial charge is 0.465 e. The number of carbonyl (C=O) groups is 1. The number of ether oxygens (including phenoxy) is 1. The molecule has 0 saturated carbocycles. The van der Waals surface area contributed by atoms with Crippen molar-refractivity contribution in [1.82, 2.24) is 4.98 Å². The van der Waals surface area contributed by atoms with Crippen molar-refractivity contribution in [2.75, 3.05) is 7.11 Å². The number of carbonyl (C=O) groups excluding carboxylic acids is 1. The summed E-state index contributed by atoms with van der Waals surface area (Å²) in [6.45, 7) is 1.75. The predicted molar refractivity (Wildman–Crippen MR) is 73.6 cm³/mol. The molecule has 0 amide bonds. The molecule has 0 spiro atoms. The van der Waals surface area contributed by atoms with Crippen molar-refractivity contribution >= 4 is 40.5 Å². The molecule has 2 rings (SSSR count). The zero-order valence-corrected chi connectivity index (χ0v) is 12.0. The zero-order valence-electron chi connectivity index (χ0n) is 9.66. The van der Waals surface area contributed by atoms with Gasteiger partial charge in [0.15, 0.2) is 0 Å². The van der Waals surface area contributed by atoms with E-state index in [1.54, 1.807) is 25.1 Å². The SMILES string of the molecule is COC(=O)c1sc(-c2c(Cl)cccc2Cl)nc1C. The van der Waals surface area contributed by atoms with Crippen LogP contribution in [0.1, 0.15) is 15.4 Å². The Morgan fingerprint density at radius 1 is 1.33 bits per heavy atom. The third-order valence-corrected chi connectivity index (χ3v) is 4.13. The van der Waals surface area contributed by atoms with Gasteiger partial charge >= 0.3 is 5.97 Å². The Morgan fingerprint density at radius 3 is 2.50 bits per heavy atom. The zero-order chi connectivity index (χ0) is 13.3. The topological polar surface area (TPSA) is 39.2 Å². The van der Waals surface area contributed by atoms with E-state index in [4.69, 9.17) is 27.9 Å². The van der Waals surface area contributed by atoms with Gasteiger partial charge in [0, 0.05) is 5.56 Å². The summed E-state index contributed by atoms with van der Waals surface area (Å²) in [4.78, 5) is 16.3. The van der Waals surface area contributed by atoms with Crippen LogP contribution in [0, 0.1) is 6.92 Å². The van der Waals surface area contributed by atoms with E-state index in [9.17, 15) is 4.79 Å². The maximum atomic E-state index is 11.5. The molecule has 3 nitrogen and oxygen atoms in total. The number of hydrogen-bond donors (Lipinski definition) is 0. The number of aryl methyl sites for hydroxylation is 1. The van der Waals surface area contributed by atoms with Crippen LogP contribution in [-0.2, 0) is 4.74 Å². The first-order valence-electron chi connectivity index (χ1n) is 5.04. The van der Waals surface area contributed by atoms with E-state index in [1.165, 1.54) is 18.4 Å². The first-order valence-corrected chi connectivity index (χ1v) is 6.62. The number of hydrogen-bond acceptors (Lipinski definition) is 4. The highest BCUT2D eigenvalue weighted by Crippen LogP contribution is 2.37. The van der Waals surface area contributed by atoms with Crippen LogP contribution >= 0.6 is 34.5 Å². The fraction of sp³-hybridized carbons (Fsp3) is 0.167. The average Bonchev–Trinajstić information content (AvgIpc) is 2.70. The third-order valence-electron chi connectivity index (χ3n) is 2.34. The number of nitrogens with zero attached hydrogens (tertiary/aromatic N) is 1. The van der Waals surface area contributed by atoms with Gasteiger partial charge in [-0.05, 0) is 19.1 Å². The molecule has 0 aliphatic heterocycles. The smallest absolute Gasteiger partial charge is 0.349 e. The summed E-state index contributed by atoms with van der Waals surface area (Å²) in [6.07, 6.45) is 0. The fourth-order valence-corrected chi connectivity index (χ4v) is 3.23. The second-order valence-corrected chi connectivity index (χ2v) is 5.34. The monoisotopic (exact) mass is 301 g/mol. The Hall–Kier alpha value is -1.10. The minimum absolute atomic E-state index is 0.403. The molecule has 6 heteroatoms. The van der Waals surface area contributed by atoms with Gasteiger partial charge < -0.3 is 4.74 Å². The summed E-state index contributed by atoms with van der Waals surface area (Å²) in [5.74, 6) is -0.403. The average molecular weight is 302 g/mol. The molecule has 1 aromatic carbocycles. The van der Waals surface area contributed by atoms with Gasteiger partial charge in [-0.15, -0.1) is 11.3 Å². The van der Waals surface area contributed by atoms with Crippen LogP contribution in [-0.4, -0.2) is 18.1 Å². The van der Waals surface area contributed by atoms with Gasteiger partial charge in [-0.1, -0.05) is 29.3 Å².